The van der Waals surface area contributed by atoms with Crippen molar-refractivity contribution in [3.8, 4) is 0 Å². The summed E-state index contributed by atoms with van der Waals surface area (Å²) in [4.78, 5) is 17.3. The fourth-order valence-electron chi connectivity index (χ4n) is 2.02. The van der Waals surface area contributed by atoms with Crippen LogP contribution in [0.4, 0.5) is 0 Å². The van der Waals surface area contributed by atoms with Gasteiger partial charge >= 0.3 is 0 Å². The number of benzene rings is 1. The molecule has 3 aromatic rings. The van der Waals surface area contributed by atoms with Crippen LogP contribution >= 0.6 is 11.3 Å². The van der Waals surface area contributed by atoms with Crippen molar-refractivity contribution in [2.24, 2.45) is 0 Å². The summed E-state index contributed by atoms with van der Waals surface area (Å²) >= 11 is 1.39. The molecule has 0 radical (unpaired) electrons. The molecule has 3 rings (SSSR count). The van der Waals surface area contributed by atoms with Crippen molar-refractivity contribution >= 4 is 31.4 Å². The molecule has 0 saturated heterocycles. The van der Waals surface area contributed by atoms with Gasteiger partial charge in [-0.3, -0.25) is 9.36 Å². The molecule has 0 aliphatic carbocycles. The lowest BCUT2D eigenvalue weighted by Gasteiger charge is -2.06. The van der Waals surface area contributed by atoms with E-state index in [1.165, 1.54) is 22.2 Å². The maximum atomic E-state index is 12.2. The van der Waals surface area contributed by atoms with E-state index in [4.69, 9.17) is 0 Å². The lowest BCUT2D eigenvalue weighted by Crippen LogP contribution is -2.24. The van der Waals surface area contributed by atoms with E-state index in [0.717, 1.165) is 0 Å². The Labute approximate surface area is 125 Å². The fraction of sp³-hybridized carbons (Fsp3) is 0.143. The lowest BCUT2D eigenvalue weighted by atomic mass is 10.4. The van der Waals surface area contributed by atoms with Crippen LogP contribution in [0.15, 0.2) is 57.8 Å². The maximum Gasteiger partial charge on any atom is 0.262 e. The topological polar surface area (TPSA) is 69.0 Å². The van der Waals surface area contributed by atoms with Crippen LogP contribution in [0.5, 0.6) is 0 Å². The SMILES string of the molecule is O=c1c2ccsc2ncn1CCS(=O)(=O)c1ccccc1. The number of rotatable bonds is 4. The Kier molecular flexibility index (Phi) is 3.60. The number of thiophene rings is 1. The van der Waals surface area contributed by atoms with Gasteiger partial charge in [0.05, 0.1) is 22.4 Å². The van der Waals surface area contributed by atoms with E-state index >= 15 is 0 Å². The third-order valence-corrected chi connectivity index (χ3v) is 5.68. The quantitative estimate of drug-likeness (QED) is 0.736. The summed E-state index contributed by atoms with van der Waals surface area (Å²) in [5, 5.41) is 2.32. The molecule has 0 spiro atoms. The Morgan fingerprint density at radius 3 is 2.67 bits per heavy atom. The number of sulfone groups is 1. The smallest absolute Gasteiger partial charge is 0.262 e. The minimum atomic E-state index is -3.40. The van der Waals surface area contributed by atoms with E-state index in [-0.39, 0.29) is 22.8 Å². The molecule has 0 atom stereocenters. The zero-order chi connectivity index (χ0) is 14.9. The minimum absolute atomic E-state index is 0.0921. The molecule has 0 bridgehead atoms. The second-order valence-electron chi connectivity index (χ2n) is 4.51. The molecular formula is C14H12N2O3S2. The first-order valence-corrected chi connectivity index (χ1v) is 8.81. The second-order valence-corrected chi connectivity index (χ2v) is 7.52. The highest BCUT2D eigenvalue weighted by molar-refractivity contribution is 7.91. The average molecular weight is 320 g/mol. The largest absolute Gasteiger partial charge is 0.298 e. The van der Waals surface area contributed by atoms with Crippen LogP contribution in [0.1, 0.15) is 0 Å². The van der Waals surface area contributed by atoms with Crippen LogP contribution in [-0.2, 0) is 16.4 Å². The normalized spacial score (nSPS) is 11.8. The molecule has 2 aromatic heterocycles. The number of hydrogen-bond acceptors (Lipinski definition) is 5. The van der Waals surface area contributed by atoms with E-state index in [1.54, 1.807) is 41.8 Å². The third-order valence-electron chi connectivity index (χ3n) is 3.15. The van der Waals surface area contributed by atoms with E-state index in [1.807, 2.05) is 0 Å². The molecule has 7 heteroatoms. The molecule has 0 fully saturated rings. The summed E-state index contributed by atoms with van der Waals surface area (Å²) in [6, 6.07) is 9.93. The summed E-state index contributed by atoms with van der Waals surface area (Å²) < 4.78 is 25.7. The van der Waals surface area contributed by atoms with Gasteiger partial charge in [0.1, 0.15) is 4.83 Å². The standard InChI is InChI=1S/C14H12N2O3S2/c17-14-12-6-8-20-13(12)15-10-16(14)7-9-21(18,19)11-4-2-1-3-5-11/h1-6,8,10H,7,9H2. The highest BCUT2D eigenvalue weighted by Crippen LogP contribution is 2.14. The van der Waals surface area contributed by atoms with Gasteiger partial charge in [-0.1, -0.05) is 18.2 Å². The van der Waals surface area contributed by atoms with Crippen LogP contribution < -0.4 is 5.56 Å². The van der Waals surface area contributed by atoms with Crippen molar-refractivity contribution in [2.75, 3.05) is 5.75 Å². The van der Waals surface area contributed by atoms with Gasteiger partial charge in [0.15, 0.2) is 9.84 Å². The fourth-order valence-corrected chi connectivity index (χ4v) is 3.98. The molecule has 0 amide bonds. The van der Waals surface area contributed by atoms with Gasteiger partial charge in [-0.25, -0.2) is 13.4 Å². The zero-order valence-corrected chi connectivity index (χ0v) is 12.6. The highest BCUT2D eigenvalue weighted by atomic mass is 32.2. The Balaban J connectivity index is 1.87. The second kappa shape index (κ2) is 5.42. The van der Waals surface area contributed by atoms with Gasteiger partial charge in [-0.2, -0.15) is 0 Å². The Morgan fingerprint density at radius 1 is 1.14 bits per heavy atom. The molecule has 0 saturated carbocycles. The summed E-state index contributed by atoms with van der Waals surface area (Å²) in [5.74, 6) is -0.131. The van der Waals surface area contributed by atoms with Gasteiger partial charge in [0.25, 0.3) is 5.56 Å². The molecule has 0 unspecified atom stereocenters. The summed E-state index contributed by atoms with van der Waals surface area (Å²) in [6.07, 6.45) is 1.40. The monoisotopic (exact) mass is 320 g/mol. The summed E-state index contributed by atoms with van der Waals surface area (Å²) in [7, 11) is -3.40. The van der Waals surface area contributed by atoms with E-state index in [2.05, 4.69) is 4.98 Å². The van der Waals surface area contributed by atoms with Gasteiger partial charge in [-0.05, 0) is 23.6 Å². The predicted molar refractivity (Wildman–Crippen MR) is 82.4 cm³/mol. The van der Waals surface area contributed by atoms with Crippen LogP contribution in [0.25, 0.3) is 10.2 Å². The minimum Gasteiger partial charge on any atom is -0.298 e. The van der Waals surface area contributed by atoms with Crippen LogP contribution in [0.2, 0.25) is 0 Å². The van der Waals surface area contributed by atoms with Crippen molar-refractivity contribution in [3.63, 3.8) is 0 Å². The average Bonchev–Trinajstić information content (AvgIpc) is 2.97. The number of fused-ring (bicyclic) bond motifs is 1. The zero-order valence-electron chi connectivity index (χ0n) is 11.0. The van der Waals surface area contributed by atoms with Crippen molar-refractivity contribution in [1.82, 2.24) is 9.55 Å². The number of hydrogen-bond donors (Lipinski definition) is 0. The Morgan fingerprint density at radius 2 is 1.90 bits per heavy atom. The number of aryl methyl sites for hydroxylation is 1. The highest BCUT2D eigenvalue weighted by Gasteiger charge is 2.14. The Bertz CT molecular complexity index is 928. The molecular weight excluding hydrogens is 308 g/mol. The third kappa shape index (κ3) is 2.74. The molecule has 0 aliphatic rings. The molecule has 0 aliphatic heterocycles. The van der Waals surface area contributed by atoms with Gasteiger partial charge in [0, 0.05) is 6.54 Å². The first kappa shape index (κ1) is 14.0. The van der Waals surface area contributed by atoms with Crippen molar-refractivity contribution in [3.05, 3.63) is 58.5 Å². The Hall–Kier alpha value is -1.99. The molecule has 21 heavy (non-hydrogen) atoms. The molecule has 108 valence electrons. The first-order chi connectivity index (χ1) is 10.1. The molecule has 0 N–H and O–H groups in total. The van der Waals surface area contributed by atoms with Gasteiger partial charge in [-0.15, -0.1) is 11.3 Å². The molecule has 1 aromatic carbocycles. The molecule has 5 nitrogen and oxygen atoms in total. The number of nitrogens with zero attached hydrogens (tertiary/aromatic N) is 2. The van der Waals surface area contributed by atoms with E-state index in [0.29, 0.717) is 10.2 Å². The molecule has 2 heterocycles. The number of aromatic nitrogens is 2. The van der Waals surface area contributed by atoms with Gasteiger partial charge in [0.2, 0.25) is 0 Å². The summed E-state index contributed by atoms with van der Waals surface area (Å²) in [6.45, 7) is 0.0921. The predicted octanol–water partition coefficient (Wildman–Crippen LogP) is 1.93. The van der Waals surface area contributed by atoms with Crippen molar-refractivity contribution in [1.29, 1.82) is 0 Å². The maximum absolute atomic E-state index is 12.2. The van der Waals surface area contributed by atoms with Crippen LogP contribution in [0.3, 0.4) is 0 Å². The van der Waals surface area contributed by atoms with E-state index in [9.17, 15) is 13.2 Å². The lowest BCUT2D eigenvalue weighted by molar-refractivity contribution is 0.587. The van der Waals surface area contributed by atoms with Crippen molar-refractivity contribution < 1.29 is 8.42 Å². The van der Waals surface area contributed by atoms with Crippen LogP contribution in [-0.4, -0.2) is 23.7 Å². The van der Waals surface area contributed by atoms with E-state index < -0.39 is 9.84 Å². The summed E-state index contributed by atoms with van der Waals surface area (Å²) in [5.41, 5.74) is -0.204. The van der Waals surface area contributed by atoms with Gasteiger partial charge < -0.3 is 0 Å². The first-order valence-electron chi connectivity index (χ1n) is 6.28. The van der Waals surface area contributed by atoms with Crippen LogP contribution in [0, 0.1) is 0 Å². The van der Waals surface area contributed by atoms with Crippen molar-refractivity contribution in [2.45, 2.75) is 11.4 Å².